The van der Waals surface area contributed by atoms with Crippen molar-refractivity contribution in [2.45, 2.75) is 47.4 Å². The van der Waals surface area contributed by atoms with Crippen LogP contribution in [0.15, 0.2) is 143 Å². The molecular formula is C37H35NO6S2. The van der Waals surface area contributed by atoms with Gasteiger partial charge in [0.2, 0.25) is 10.0 Å². The molecule has 0 aliphatic carbocycles. The molecule has 4 atom stereocenters. The monoisotopic (exact) mass is 653 g/mol. The van der Waals surface area contributed by atoms with Crippen LogP contribution in [0.25, 0.3) is 0 Å². The van der Waals surface area contributed by atoms with Gasteiger partial charge in [0.25, 0.3) is 0 Å². The molecule has 236 valence electrons. The zero-order valence-corrected chi connectivity index (χ0v) is 26.6. The molecule has 5 aromatic rings. The van der Waals surface area contributed by atoms with Crippen molar-refractivity contribution in [3.63, 3.8) is 0 Å². The van der Waals surface area contributed by atoms with Crippen LogP contribution in [0.4, 0.5) is 0 Å². The van der Waals surface area contributed by atoms with Crippen molar-refractivity contribution >= 4 is 21.8 Å². The van der Waals surface area contributed by atoms with Crippen LogP contribution in [-0.4, -0.2) is 30.5 Å². The number of aliphatic hydroxyl groups excluding tert-OH is 1. The second-order valence-corrected chi connectivity index (χ2v) is 13.9. The lowest BCUT2D eigenvalue weighted by atomic mass is 9.84. The van der Waals surface area contributed by atoms with Crippen LogP contribution in [0.5, 0.6) is 5.75 Å². The number of benzene rings is 5. The number of ether oxygens (including phenoxy) is 2. The maximum absolute atomic E-state index is 12.7. The van der Waals surface area contributed by atoms with Crippen LogP contribution in [0.3, 0.4) is 0 Å². The van der Waals surface area contributed by atoms with Crippen molar-refractivity contribution in [3.05, 3.63) is 161 Å². The highest BCUT2D eigenvalue weighted by Gasteiger charge is 2.41. The van der Waals surface area contributed by atoms with Crippen LogP contribution < -0.4 is 4.72 Å². The Bertz CT molecular complexity index is 1800. The van der Waals surface area contributed by atoms with Crippen LogP contribution in [-0.2, 0) is 32.6 Å². The molecule has 6 rings (SSSR count). The summed E-state index contributed by atoms with van der Waals surface area (Å²) in [4.78, 5) is 1.24. The Morgan fingerprint density at radius 2 is 1.28 bits per heavy atom. The number of hydrogen-bond donors (Lipinski definition) is 3. The molecule has 1 fully saturated rings. The first-order valence-corrected chi connectivity index (χ1v) is 17.5. The first kappa shape index (κ1) is 32.0. The number of sulfonamides is 1. The highest BCUT2D eigenvalue weighted by Crippen LogP contribution is 2.48. The van der Waals surface area contributed by atoms with E-state index in [9.17, 15) is 18.6 Å². The van der Waals surface area contributed by atoms with E-state index in [2.05, 4.69) is 16.9 Å². The smallest absolute Gasteiger partial charge is 0.240 e. The fraction of sp³-hybridized carbons (Fsp3) is 0.189. The predicted octanol–water partition coefficient (Wildman–Crippen LogP) is 7.09. The SMILES string of the molecule is O=S(=O)(NCc1ccc(C2O[C@H](CSc3ccc(O)cc3)[C@@H](c3ccccc3)[C@H](c3ccc(CO)cc3)O2)cc1)c1ccccc1. The van der Waals surface area contributed by atoms with Crippen LogP contribution >= 0.6 is 11.8 Å². The van der Waals surface area contributed by atoms with Gasteiger partial charge < -0.3 is 19.7 Å². The molecule has 1 heterocycles. The minimum Gasteiger partial charge on any atom is -0.508 e. The Balaban J connectivity index is 1.27. The van der Waals surface area contributed by atoms with Gasteiger partial charge in [0.15, 0.2) is 6.29 Å². The first-order chi connectivity index (χ1) is 22.4. The maximum atomic E-state index is 12.7. The summed E-state index contributed by atoms with van der Waals surface area (Å²) in [6, 6.07) is 41.1. The third-order valence-electron chi connectivity index (χ3n) is 7.99. The van der Waals surface area contributed by atoms with Crippen molar-refractivity contribution in [2.75, 3.05) is 5.75 Å². The molecule has 1 aliphatic rings. The zero-order chi connectivity index (χ0) is 31.9. The Morgan fingerprint density at radius 1 is 0.674 bits per heavy atom. The molecule has 5 aromatic carbocycles. The van der Waals surface area contributed by atoms with E-state index < -0.39 is 16.3 Å². The van der Waals surface area contributed by atoms with E-state index in [1.54, 1.807) is 54.2 Å². The van der Waals surface area contributed by atoms with Crippen LogP contribution in [0, 0.1) is 0 Å². The average molecular weight is 654 g/mol. The van der Waals surface area contributed by atoms with Gasteiger partial charge in [-0.25, -0.2) is 13.1 Å². The molecule has 1 aliphatic heterocycles. The summed E-state index contributed by atoms with van der Waals surface area (Å²) < 4.78 is 41.6. The van der Waals surface area contributed by atoms with Gasteiger partial charge in [-0.3, -0.25) is 0 Å². The minimum absolute atomic E-state index is 0.0423. The molecule has 0 saturated carbocycles. The summed E-state index contributed by atoms with van der Waals surface area (Å²) in [5, 5.41) is 19.4. The number of phenolic OH excluding ortho intramolecular Hbond substituents is 1. The summed E-state index contributed by atoms with van der Waals surface area (Å²) in [5.74, 6) is 0.722. The fourth-order valence-corrected chi connectivity index (χ4v) is 7.54. The highest BCUT2D eigenvalue weighted by molar-refractivity contribution is 7.99. The quantitative estimate of drug-likeness (QED) is 0.131. The second kappa shape index (κ2) is 14.6. The van der Waals surface area contributed by atoms with E-state index in [-0.39, 0.29) is 41.9 Å². The molecule has 46 heavy (non-hydrogen) atoms. The summed E-state index contributed by atoms with van der Waals surface area (Å²) >= 11 is 1.65. The molecule has 9 heteroatoms. The summed E-state index contributed by atoms with van der Waals surface area (Å²) in [5.41, 5.74) is 4.51. The van der Waals surface area contributed by atoms with Gasteiger partial charge in [-0.05, 0) is 58.7 Å². The van der Waals surface area contributed by atoms with E-state index >= 15 is 0 Å². The summed E-state index contributed by atoms with van der Waals surface area (Å²) in [6.45, 7) is 0.102. The molecule has 1 unspecified atom stereocenters. The number of thioether (sulfide) groups is 1. The van der Waals surface area contributed by atoms with E-state index in [0.29, 0.717) is 5.75 Å². The third-order valence-corrected chi connectivity index (χ3v) is 10.5. The van der Waals surface area contributed by atoms with E-state index in [1.165, 1.54) is 0 Å². The van der Waals surface area contributed by atoms with Crippen LogP contribution in [0.2, 0.25) is 0 Å². The number of aliphatic hydroxyl groups is 1. The van der Waals surface area contributed by atoms with Crippen molar-refractivity contribution in [2.24, 2.45) is 0 Å². The molecule has 1 saturated heterocycles. The van der Waals surface area contributed by atoms with Gasteiger partial charge in [-0.2, -0.15) is 0 Å². The first-order valence-electron chi connectivity index (χ1n) is 15.0. The number of nitrogens with one attached hydrogen (secondary N) is 1. The van der Waals surface area contributed by atoms with Gasteiger partial charge in [0, 0.05) is 28.7 Å². The molecule has 0 bridgehead atoms. The van der Waals surface area contributed by atoms with Gasteiger partial charge >= 0.3 is 0 Å². The number of hydrogen-bond acceptors (Lipinski definition) is 7. The molecular weight excluding hydrogens is 619 g/mol. The largest absolute Gasteiger partial charge is 0.508 e. The van der Waals surface area contributed by atoms with Crippen molar-refractivity contribution in [1.29, 1.82) is 0 Å². The number of phenols is 1. The zero-order valence-electron chi connectivity index (χ0n) is 25.0. The van der Waals surface area contributed by atoms with E-state index in [4.69, 9.17) is 9.47 Å². The van der Waals surface area contributed by atoms with E-state index in [1.807, 2.05) is 78.9 Å². The molecule has 3 N–H and O–H groups in total. The summed E-state index contributed by atoms with van der Waals surface area (Å²) in [7, 11) is -3.63. The Hall–Kier alpha value is -3.96. The third kappa shape index (κ3) is 7.70. The lowest BCUT2D eigenvalue weighted by Crippen LogP contribution is -2.38. The van der Waals surface area contributed by atoms with Gasteiger partial charge in [-0.15, -0.1) is 11.8 Å². The molecule has 0 radical (unpaired) electrons. The highest BCUT2D eigenvalue weighted by atomic mass is 32.2. The van der Waals surface area contributed by atoms with Crippen molar-refractivity contribution < 1.29 is 28.1 Å². The Labute approximate surface area is 273 Å². The van der Waals surface area contributed by atoms with Gasteiger partial charge in [-0.1, -0.05) is 97.1 Å². The second-order valence-electron chi connectivity index (χ2n) is 11.1. The normalized spacial score (nSPS) is 19.9. The molecule has 0 amide bonds. The summed E-state index contributed by atoms with van der Waals surface area (Å²) in [6.07, 6.45) is -1.28. The molecule has 0 aromatic heterocycles. The van der Waals surface area contributed by atoms with Gasteiger partial charge in [0.05, 0.1) is 23.7 Å². The van der Waals surface area contributed by atoms with Crippen molar-refractivity contribution in [3.8, 4) is 5.75 Å². The van der Waals surface area contributed by atoms with E-state index in [0.717, 1.165) is 32.7 Å². The molecule has 7 nitrogen and oxygen atoms in total. The number of rotatable bonds is 11. The lowest BCUT2D eigenvalue weighted by Gasteiger charge is -2.43. The maximum Gasteiger partial charge on any atom is 0.240 e. The Morgan fingerprint density at radius 3 is 1.93 bits per heavy atom. The lowest BCUT2D eigenvalue weighted by molar-refractivity contribution is -0.255. The Kier molecular flexibility index (Phi) is 10.2. The minimum atomic E-state index is -3.63. The fourth-order valence-electron chi connectivity index (χ4n) is 5.53. The van der Waals surface area contributed by atoms with Crippen molar-refractivity contribution in [1.82, 2.24) is 4.72 Å². The molecule has 0 spiro atoms. The number of aromatic hydroxyl groups is 1. The average Bonchev–Trinajstić information content (AvgIpc) is 3.11. The van der Waals surface area contributed by atoms with Crippen LogP contribution in [0.1, 0.15) is 46.1 Å². The topological polar surface area (TPSA) is 105 Å². The standard InChI is InChI=1S/C37H35NO6S2/c39-24-27-13-15-29(16-14-27)36-35(28-7-3-1-4-8-28)34(25-45-32-21-19-31(40)20-22-32)43-37(44-36)30-17-11-26(12-18-30)23-38-46(41,42)33-9-5-2-6-10-33/h1-22,34-40H,23-25H2/t34-,35-,36+,37?/m1/s1. The predicted molar refractivity (Wildman–Crippen MR) is 179 cm³/mol. The van der Waals surface area contributed by atoms with Gasteiger partial charge in [0.1, 0.15) is 5.75 Å².